The molecule has 1 saturated heterocycles. The second kappa shape index (κ2) is 8.20. The lowest BCUT2D eigenvalue weighted by Crippen LogP contribution is -2.47. The van der Waals surface area contributed by atoms with Crippen LogP contribution >= 0.6 is 0 Å². The molecule has 7 nitrogen and oxygen atoms in total. The van der Waals surface area contributed by atoms with Crippen LogP contribution in [0.4, 0.5) is 0 Å². The van der Waals surface area contributed by atoms with Gasteiger partial charge in [0.15, 0.2) is 5.69 Å². The Kier molecular flexibility index (Phi) is 5.96. The highest BCUT2D eigenvalue weighted by atomic mass is 16.5. The highest BCUT2D eigenvalue weighted by Gasteiger charge is 2.42. The topological polar surface area (TPSA) is 93.5 Å². The average Bonchev–Trinajstić information content (AvgIpc) is 2.98. The predicted octanol–water partition coefficient (Wildman–Crippen LogP) is 2.27. The highest BCUT2D eigenvalue weighted by molar-refractivity contribution is 5.93. The third-order valence-electron chi connectivity index (χ3n) is 5.54. The third-order valence-corrected chi connectivity index (χ3v) is 5.54. The zero-order chi connectivity index (χ0) is 18.6. The Morgan fingerprint density at radius 3 is 2.58 bits per heavy atom. The van der Waals surface area contributed by atoms with Crippen LogP contribution in [-0.4, -0.2) is 41.8 Å². The van der Waals surface area contributed by atoms with Gasteiger partial charge in [0.05, 0.1) is 18.1 Å². The Morgan fingerprint density at radius 1 is 1.19 bits per heavy atom. The molecule has 2 aliphatic rings. The fraction of sp³-hybridized carbons (Fsp3) is 0.737. The molecule has 0 radical (unpaired) electrons. The van der Waals surface area contributed by atoms with Gasteiger partial charge in [0.25, 0.3) is 5.91 Å². The second-order valence-corrected chi connectivity index (χ2v) is 7.41. The van der Waals surface area contributed by atoms with Crippen LogP contribution in [0.15, 0.2) is 4.52 Å². The van der Waals surface area contributed by atoms with Gasteiger partial charge in [-0.15, -0.1) is 0 Å². The minimum Gasteiger partial charge on any atom is -0.371 e. The molecule has 2 N–H and O–H groups in total. The van der Waals surface area contributed by atoms with E-state index in [1.807, 2.05) is 13.8 Å². The van der Waals surface area contributed by atoms with Crippen molar-refractivity contribution < 1.29 is 18.8 Å². The Hall–Kier alpha value is -1.89. The molecule has 1 saturated carbocycles. The summed E-state index contributed by atoms with van der Waals surface area (Å²) in [6, 6.07) is 0. The van der Waals surface area contributed by atoms with Gasteiger partial charge in [0, 0.05) is 25.1 Å². The lowest BCUT2D eigenvalue weighted by molar-refractivity contribution is -0.173. The Balaban J connectivity index is 1.34. The van der Waals surface area contributed by atoms with Crippen LogP contribution in [0.5, 0.6) is 0 Å². The summed E-state index contributed by atoms with van der Waals surface area (Å²) in [7, 11) is 0. The van der Waals surface area contributed by atoms with Gasteiger partial charge in [0.1, 0.15) is 5.76 Å². The van der Waals surface area contributed by atoms with Crippen molar-refractivity contribution in [1.29, 1.82) is 0 Å². The maximum atomic E-state index is 12.1. The molecule has 2 fully saturated rings. The normalized spacial score (nSPS) is 21.2. The molecule has 2 amide bonds. The van der Waals surface area contributed by atoms with E-state index < -0.39 is 0 Å². The van der Waals surface area contributed by atoms with Gasteiger partial charge in [0.2, 0.25) is 5.91 Å². The summed E-state index contributed by atoms with van der Waals surface area (Å²) in [6.45, 7) is 4.52. The predicted molar refractivity (Wildman–Crippen MR) is 95.9 cm³/mol. The van der Waals surface area contributed by atoms with Gasteiger partial charge in [-0.2, -0.15) is 0 Å². The van der Waals surface area contributed by atoms with E-state index in [0.717, 1.165) is 43.4 Å². The van der Waals surface area contributed by atoms with Crippen molar-refractivity contribution in [2.45, 2.75) is 76.9 Å². The first-order valence-electron chi connectivity index (χ1n) is 9.71. The van der Waals surface area contributed by atoms with Gasteiger partial charge in [-0.1, -0.05) is 12.1 Å². The summed E-state index contributed by atoms with van der Waals surface area (Å²) >= 11 is 0. The van der Waals surface area contributed by atoms with Gasteiger partial charge >= 0.3 is 0 Å². The monoisotopic (exact) mass is 363 g/mol. The van der Waals surface area contributed by atoms with Crippen molar-refractivity contribution in [1.82, 2.24) is 15.8 Å². The van der Waals surface area contributed by atoms with E-state index in [2.05, 4.69) is 15.8 Å². The summed E-state index contributed by atoms with van der Waals surface area (Å²) in [5.74, 6) is 0.425. The van der Waals surface area contributed by atoms with Gasteiger partial charge in [-0.3, -0.25) is 9.59 Å². The molecule has 1 aliphatic heterocycles. The molecule has 1 atom stereocenters. The van der Waals surface area contributed by atoms with Crippen molar-refractivity contribution in [2.24, 2.45) is 0 Å². The van der Waals surface area contributed by atoms with Crippen molar-refractivity contribution in [3.63, 3.8) is 0 Å². The van der Waals surface area contributed by atoms with E-state index in [4.69, 9.17) is 9.26 Å². The molecular formula is C19H29N3O4. The molecule has 144 valence electrons. The number of hydrogen-bond donors (Lipinski definition) is 2. The van der Waals surface area contributed by atoms with Crippen molar-refractivity contribution in [3.05, 3.63) is 17.0 Å². The zero-order valence-electron chi connectivity index (χ0n) is 15.7. The van der Waals surface area contributed by atoms with Crippen LogP contribution < -0.4 is 10.6 Å². The van der Waals surface area contributed by atoms with Crippen molar-refractivity contribution in [3.8, 4) is 0 Å². The third kappa shape index (κ3) is 4.26. The first-order valence-corrected chi connectivity index (χ1v) is 9.71. The average molecular weight is 363 g/mol. The summed E-state index contributed by atoms with van der Waals surface area (Å²) < 4.78 is 11.3. The van der Waals surface area contributed by atoms with Gasteiger partial charge in [-0.25, -0.2) is 0 Å². The summed E-state index contributed by atoms with van der Waals surface area (Å²) in [4.78, 5) is 24.2. The number of rotatable bonds is 7. The summed E-state index contributed by atoms with van der Waals surface area (Å²) in [6.07, 6.45) is 7.88. The molecule has 1 aromatic rings. The standard InChI is InChI=1S/C19H29N3O4/c1-3-15-13(2)17(22-26-15)18(24)21-11-10-20-16(23)12-14-6-4-7-19(25-14)8-5-9-19/h14H,3-12H2,1-2H3,(H,20,23)(H,21,24). The van der Waals surface area contributed by atoms with E-state index >= 15 is 0 Å². The molecule has 7 heteroatoms. The lowest BCUT2D eigenvalue weighted by Gasteiger charge is -2.47. The summed E-state index contributed by atoms with van der Waals surface area (Å²) in [5, 5.41) is 9.43. The zero-order valence-corrected chi connectivity index (χ0v) is 15.7. The smallest absolute Gasteiger partial charge is 0.273 e. The van der Waals surface area contributed by atoms with Crippen LogP contribution in [0.3, 0.4) is 0 Å². The van der Waals surface area contributed by atoms with E-state index in [0.29, 0.717) is 31.6 Å². The SMILES string of the molecule is CCc1onc(C(=O)NCCNC(=O)CC2CCCC3(CCC3)O2)c1C. The Labute approximate surface area is 154 Å². The fourth-order valence-electron chi connectivity index (χ4n) is 3.86. The molecule has 26 heavy (non-hydrogen) atoms. The minimum absolute atomic E-state index is 0.0218. The van der Waals surface area contributed by atoms with Crippen molar-refractivity contribution >= 4 is 11.8 Å². The number of hydrogen-bond acceptors (Lipinski definition) is 5. The quantitative estimate of drug-likeness (QED) is 0.725. The summed E-state index contributed by atoms with van der Waals surface area (Å²) in [5.41, 5.74) is 1.16. The van der Waals surface area contributed by atoms with Gasteiger partial charge in [-0.05, 0) is 45.4 Å². The minimum atomic E-state index is -0.275. The van der Waals surface area contributed by atoms with Crippen LogP contribution in [0.2, 0.25) is 0 Å². The first kappa shape index (κ1) is 18.9. The molecule has 1 spiro atoms. The fourth-order valence-corrected chi connectivity index (χ4v) is 3.86. The molecule has 1 aliphatic carbocycles. The number of amides is 2. The molecule has 1 unspecified atom stereocenters. The largest absolute Gasteiger partial charge is 0.371 e. The molecule has 1 aromatic heterocycles. The van der Waals surface area contributed by atoms with E-state index in [1.54, 1.807) is 0 Å². The van der Waals surface area contributed by atoms with Gasteiger partial charge < -0.3 is 19.9 Å². The number of aryl methyl sites for hydroxylation is 1. The number of aromatic nitrogens is 1. The van der Waals surface area contributed by atoms with Crippen LogP contribution in [0.25, 0.3) is 0 Å². The maximum Gasteiger partial charge on any atom is 0.273 e. The van der Waals surface area contributed by atoms with Crippen LogP contribution in [0, 0.1) is 6.92 Å². The van der Waals surface area contributed by atoms with E-state index in [1.165, 1.54) is 6.42 Å². The lowest BCUT2D eigenvalue weighted by atomic mass is 9.74. The number of nitrogens with zero attached hydrogens (tertiary/aromatic N) is 1. The van der Waals surface area contributed by atoms with Crippen LogP contribution in [-0.2, 0) is 16.0 Å². The maximum absolute atomic E-state index is 12.1. The number of carbonyl (C=O) groups is 2. The molecule has 2 heterocycles. The number of carbonyl (C=O) groups excluding carboxylic acids is 2. The number of ether oxygens (including phenoxy) is 1. The van der Waals surface area contributed by atoms with Crippen LogP contribution in [0.1, 0.15) is 73.7 Å². The second-order valence-electron chi connectivity index (χ2n) is 7.41. The molecular weight excluding hydrogens is 334 g/mol. The molecule has 0 aromatic carbocycles. The molecule has 3 rings (SSSR count). The first-order chi connectivity index (χ1) is 12.5. The Morgan fingerprint density at radius 2 is 1.92 bits per heavy atom. The van der Waals surface area contributed by atoms with E-state index in [9.17, 15) is 9.59 Å². The number of nitrogens with one attached hydrogen (secondary N) is 2. The Bertz CT molecular complexity index is 651. The van der Waals surface area contributed by atoms with Crippen molar-refractivity contribution in [2.75, 3.05) is 13.1 Å². The molecule has 0 bridgehead atoms. The highest BCUT2D eigenvalue weighted by Crippen LogP contribution is 2.44. The van der Waals surface area contributed by atoms with E-state index in [-0.39, 0.29) is 23.5 Å².